The molecular weight excluding hydrogens is 445 g/mol. The van der Waals surface area contributed by atoms with E-state index < -0.39 is 23.7 Å². The lowest BCUT2D eigenvalue weighted by Gasteiger charge is -2.47. The fourth-order valence-corrected chi connectivity index (χ4v) is 5.07. The van der Waals surface area contributed by atoms with Gasteiger partial charge in [-0.15, -0.1) is 0 Å². The Hall–Kier alpha value is -2.51. The number of hydrogen-bond acceptors (Lipinski definition) is 5. The summed E-state index contributed by atoms with van der Waals surface area (Å²) in [6.45, 7) is 7.36. The number of nitrogens with zero attached hydrogens (tertiary/aromatic N) is 1. The third kappa shape index (κ3) is 6.01. The Balaban J connectivity index is 1.52. The molecule has 1 fully saturated rings. The van der Waals surface area contributed by atoms with Crippen molar-refractivity contribution in [3.8, 4) is 5.88 Å². The standard InChI is InChI=1S/C28H38FN3O3/c1-18(33)32-22(13-19-9-6-5-7-10-19)24(34)17-30-23-15-28(11-8-12-28)35-26-21(23)14-20(16-31-26)25(29)27(2,3)4/h5-7,9-10,14,16,22-25,30,34H,8,11-13,15,17H2,1-4H3,(H,32,33)/t22-,23-,24+,25-/m0/s1. The number of fused-ring (bicyclic) bond motifs is 1. The minimum absolute atomic E-state index is 0.122. The molecule has 2 aliphatic rings. The van der Waals surface area contributed by atoms with Crippen LogP contribution in [0.5, 0.6) is 5.88 Å². The number of hydrogen-bond donors (Lipinski definition) is 3. The molecule has 1 aromatic carbocycles. The number of aliphatic hydroxyl groups is 1. The van der Waals surface area contributed by atoms with Crippen LogP contribution in [0.15, 0.2) is 42.6 Å². The molecule has 190 valence electrons. The van der Waals surface area contributed by atoms with Crippen LogP contribution in [0.2, 0.25) is 0 Å². The van der Waals surface area contributed by atoms with Crippen molar-refractivity contribution < 1.29 is 19.0 Å². The molecular formula is C28H38FN3O3. The molecule has 3 N–H and O–H groups in total. The number of carbonyl (C=O) groups excluding carboxylic acids is 1. The molecule has 35 heavy (non-hydrogen) atoms. The van der Waals surface area contributed by atoms with Gasteiger partial charge in [0.1, 0.15) is 11.8 Å². The third-order valence-corrected chi connectivity index (χ3v) is 7.21. The minimum atomic E-state index is -1.15. The number of halogens is 1. The monoisotopic (exact) mass is 483 g/mol. The first-order valence-corrected chi connectivity index (χ1v) is 12.6. The van der Waals surface area contributed by atoms with Crippen molar-refractivity contribution >= 4 is 5.91 Å². The average molecular weight is 484 g/mol. The van der Waals surface area contributed by atoms with E-state index in [0.717, 1.165) is 36.8 Å². The van der Waals surface area contributed by atoms with Gasteiger partial charge in [0.2, 0.25) is 11.8 Å². The molecule has 1 aliphatic heterocycles. The lowest BCUT2D eigenvalue weighted by atomic mass is 9.73. The van der Waals surface area contributed by atoms with Gasteiger partial charge in [-0.3, -0.25) is 4.79 Å². The third-order valence-electron chi connectivity index (χ3n) is 7.21. The van der Waals surface area contributed by atoms with Crippen LogP contribution >= 0.6 is 0 Å². The summed E-state index contributed by atoms with van der Waals surface area (Å²) in [5.74, 6) is 0.371. The Bertz CT molecular complexity index is 1020. The van der Waals surface area contributed by atoms with Crippen LogP contribution in [0.3, 0.4) is 0 Å². The van der Waals surface area contributed by atoms with Gasteiger partial charge in [-0.1, -0.05) is 51.1 Å². The van der Waals surface area contributed by atoms with Crippen molar-refractivity contribution in [2.75, 3.05) is 6.54 Å². The van der Waals surface area contributed by atoms with E-state index in [1.165, 1.54) is 6.92 Å². The lowest BCUT2D eigenvalue weighted by Crippen LogP contribution is -2.52. The molecule has 0 unspecified atom stereocenters. The Morgan fingerprint density at radius 2 is 2.00 bits per heavy atom. The molecule has 4 atom stereocenters. The Morgan fingerprint density at radius 1 is 1.29 bits per heavy atom. The van der Waals surface area contributed by atoms with Crippen LogP contribution in [-0.4, -0.2) is 40.3 Å². The van der Waals surface area contributed by atoms with Gasteiger partial charge in [-0.05, 0) is 42.7 Å². The first-order valence-electron chi connectivity index (χ1n) is 12.6. The Morgan fingerprint density at radius 3 is 2.60 bits per heavy atom. The number of benzene rings is 1. The summed E-state index contributed by atoms with van der Waals surface area (Å²) in [5, 5.41) is 17.5. The van der Waals surface area contributed by atoms with Crippen LogP contribution in [-0.2, 0) is 11.2 Å². The number of pyridine rings is 1. The second-order valence-electron chi connectivity index (χ2n) is 11.3. The Kier molecular flexibility index (Phi) is 7.48. The van der Waals surface area contributed by atoms with Crippen LogP contribution in [0.1, 0.15) is 82.3 Å². The highest BCUT2D eigenvalue weighted by molar-refractivity contribution is 5.73. The molecule has 7 heteroatoms. The highest BCUT2D eigenvalue weighted by Gasteiger charge is 2.46. The van der Waals surface area contributed by atoms with E-state index in [-0.39, 0.29) is 24.1 Å². The molecule has 0 saturated heterocycles. The quantitative estimate of drug-likeness (QED) is 0.512. The number of aliphatic hydroxyl groups excluding tert-OH is 1. The van der Waals surface area contributed by atoms with Crippen LogP contribution in [0.25, 0.3) is 0 Å². The maximum atomic E-state index is 15.1. The van der Waals surface area contributed by atoms with Gasteiger partial charge in [-0.2, -0.15) is 0 Å². The van der Waals surface area contributed by atoms with E-state index in [1.54, 1.807) is 6.20 Å². The summed E-state index contributed by atoms with van der Waals surface area (Å²) in [4.78, 5) is 16.3. The van der Waals surface area contributed by atoms with Crippen LogP contribution < -0.4 is 15.4 Å². The highest BCUT2D eigenvalue weighted by atomic mass is 19.1. The van der Waals surface area contributed by atoms with Gasteiger partial charge in [-0.25, -0.2) is 9.37 Å². The SMILES string of the molecule is CC(=O)N[C@@H](Cc1ccccc1)[C@H](O)CN[C@H]1CC2(CCC2)Oc2ncc([C@H](F)C(C)(C)C)cc21. The van der Waals surface area contributed by atoms with E-state index >= 15 is 4.39 Å². The topological polar surface area (TPSA) is 83.5 Å². The zero-order valence-electron chi connectivity index (χ0n) is 21.2. The molecule has 2 heterocycles. The zero-order chi connectivity index (χ0) is 25.2. The van der Waals surface area contributed by atoms with Gasteiger partial charge in [0, 0.05) is 43.3 Å². The summed E-state index contributed by atoms with van der Waals surface area (Å²) in [7, 11) is 0. The van der Waals surface area contributed by atoms with Gasteiger partial charge < -0.3 is 20.5 Å². The van der Waals surface area contributed by atoms with Gasteiger partial charge in [0.05, 0.1) is 12.1 Å². The molecule has 1 spiro atoms. The van der Waals surface area contributed by atoms with Crippen molar-refractivity contribution in [2.45, 2.75) is 89.8 Å². The van der Waals surface area contributed by atoms with Gasteiger partial charge in [0.25, 0.3) is 0 Å². The minimum Gasteiger partial charge on any atom is -0.471 e. The summed E-state index contributed by atoms with van der Waals surface area (Å²) in [6.07, 6.45) is 3.95. The fraction of sp³-hybridized carbons (Fsp3) is 0.571. The maximum Gasteiger partial charge on any atom is 0.218 e. The van der Waals surface area contributed by atoms with E-state index in [0.29, 0.717) is 17.9 Å². The number of alkyl halides is 1. The molecule has 6 nitrogen and oxygen atoms in total. The summed E-state index contributed by atoms with van der Waals surface area (Å²) < 4.78 is 21.4. The molecule has 1 aliphatic carbocycles. The normalized spacial score (nSPS) is 21.3. The van der Waals surface area contributed by atoms with E-state index in [1.807, 2.05) is 57.2 Å². The molecule has 1 amide bonds. The average Bonchev–Trinajstić information content (AvgIpc) is 2.79. The molecule has 1 aromatic heterocycles. The van der Waals surface area contributed by atoms with E-state index in [2.05, 4.69) is 15.6 Å². The summed E-state index contributed by atoms with van der Waals surface area (Å²) >= 11 is 0. The lowest BCUT2D eigenvalue weighted by molar-refractivity contribution is -0.120. The van der Waals surface area contributed by atoms with Gasteiger partial charge >= 0.3 is 0 Å². The van der Waals surface area contributed by atoms with Crippen molar-refractivity contribution in [1.29, 1.82) is 0 Å². The molecule has 2 aromatic rings. The first-order chi connectivity index (χ1) is 16.6. The second kappa shape index (κ2) is 10.2. The van der Waals surface area contributed by atoms with Crippen molar-refractivity contribution in [1.82, 2.24) is 15.6 Å². The van der Waals surface area contributed by atoms with Gasteiger partial charge in [0.15, 0.2) is 0 Å². The number of aromatic nitrogens is 1. The molecule has 1 saturated carbocycles. The summed E-state index contributed by atoms with van der Waals surface area (Å²) in [6, 6.07) is 11.1. The first kappa shape index (κ1) is 25.6. The van der Waals surface area contributed by atoms with Crippen molar-refractivity contribution in [3.05, 3.63) is 59.3 Å². The molecule has 0 bridgehead atoms. The summed E-state index contributed by atoms with van der Waals surface area (Å²) in [5.41, 5.74) is 1.63. The number of ether oxygens (including phenoxy) is 1. The second-order valence-corrected chi connectivity index (χ2v) is 11.3. The van der Waals surface area contributed by atoms with Crippen molar-refractivity contribution in [3.63, 3.8) is 0 Å². The number of carbonyl (C=O) groups is 1. The predicted molar refractivity (Wildman–Crippen MR) is 134 cm³/mol. The smallest absolute Gasteiger partial charge is 0.218 e. The zero-order valence-corrected chi connectivity index (χ0v) is 21.2. The number of amides is 1. The van der Waals surface area contributed by atoms with E-state index in [4.69, 9.17) is 4.74 Å². The maximum absolute atomic E-state index is 15.1. The molecule has 4 rings (SSSR count). The largest absolute Gasteiger partial charge is 0.471 e. The van der Waals surface area contributed by atoms with E-state index in [9.17, 15) is 9.90 Å². The number of nitrogens with one attached hydrogen (secondary N) is 2. The fourth-order valence-electron chi connectivity index (χ4n) is 5.07. The molecule has 0 radical (unpaired) electrons. The Labute approximate surface area is 207 Å². The highest BCUT2D eigenvalue weighted by Crippen LogP contribution is 2.49. The van der Waals surface area contributed by atoms with Crippen LogP contribution in [0.4, 0.5) is 4.39 Å². The van der Waals surface area contributed by atoms with Crippen LogP contribution in [0, 0.1) is 5.41 Å². The van der Waals surface area contributed by atoms with Crippen molar-refractivity contribution in [2.24, 2.45) is 5.41 Å². The predicted octanol–water partition coefficient (Wildman–Crippen LogP) is 4.58. The number of rotatable bonds is 8.